The first-order valence-electron chi connectivity index (χ1n) is 10.1. The summed E-state index contributed by atoms with van der Waals surface area (Å²) in [4.78, 5) is 23.2. The van der Waals surface area contributed by atoms with Crippen molar-refractivity contribution in [3.63, 3.8) is 0 Å². The number of piperidine rings is 1. The van der Waals surface area contributed by atoms with Gasteiger partial charge < -0.3 is 10.4 Å². The van der Waals surface area contributed by atoms with Crippen LogP contribution in [0.15, 0.2) is 12.4 Å². The highest BCUT2D eigenvalue weighted by molar-refractivity contribution is 5.74. The van der Waals surface area contributed by atoms with Gasteiger partial charge >= 0.3 is 5.97 Å². The molecule has 1 atom stereocenters. The van der Waals surface area contributed by atoms with Crippen LogP contribution in [0.5, 0.6) is 0 Å². The van der Waals surface area contributed by atoms with Crippen LogP contribution >= 0.6 is 0 Å². The van der Waals surface area contributed by atoms with Crippen LogP contribution in [0, 0.1) is 5.41 Å². The lowest BCUT2D eigenvalue weighted by Gasteiger charge is -2.33. The van der Waals surface area contributed by atoms with Crippen LogP contribution in [0.2, 0.25) is 0 Å². The summed E-state index contributed by atoms with van der Waals surface area (Å²) in [7, 11) is 0. The Hall–Kier alpha value is -1.53. The standard InChI is InChI=1S/C20H30N4O2/c25-19(26)17-10-20(6-8-21-9-7-20)14-24(17)13-15-11-22-18(23-12-15)16-4-2-1-3-5-16/h11-12,16-17,21H,1-10,13-14H2,(H,25,26). The summed E-state index contributed by atoms with van der Waals surface area (Å²) in [5.41, 5.74) is 1.19. The molecule has 1 saturated carbocycles. The van der Waals surface area contributed by atoms with Crippen molar-refractivity contribution in [2.75, 3.05) is 19.6 Å². The highest BCUT2D eigenvalue weighted by Gasteiger charge is 2.47. The highest BCUT2D eigenvalue weighted by Crippen LogP contribution is 2.42. The molecule has 142 valence electrons. The normalized spacial score (nSPS) is 27.0. The monoisotopic (exact) mass is 358 g/mol. The van der Waals surface area contributed by atoms with E-state index >= 15 is 0 Å². The third-order valence-electron chi connectivity index (χ3n) is 6.64. The van der Waals surface area contributed by atoms with Gasteiger partial charge in [0.05, 0.1) is 0 Å². The van der Waals surface area contributed by atoms with Crippen LogP contribution < -0.4 is 5.32 Å². The van der Waals surface area contributed by atoms with Gasteiger partial charge in [-0.05, 0) is 50.6 Å². The van der Waals surface area contributed by atoms with Crippen LogP contribution in [0.25, 0.3) is 0 Å². The van der Waals surface area contributed by atoms with Crippen molar-refractivity contribution in [3.05, 3.63) is 23.8 Å². The zero-order valence-electron chi connectivity index (χ0n) is 15.5. The van der Waals surface area contributed by atoms with Crippen molar-refractivity contribution in [2.45, 2.75) is 69.9 Å². The molecule has 3 aliphatic rings. The predicted molar refractivity (Wildman–Crippen MR) is 98.8 cm³/mol. The second kappa shape index (κ2) is 7.61. The molecule has 0 bridgehead atoms. The summed E-state index contributed by atoms with van der Waals surface area (Å²) < 4.78 is 0. The number of likely N-dealkylation sites (tertiary alicyclic amines) is 1. The molecule has 3 fully saturated rings. The van der Waals surface area contributed by atoms with E-state index in [2.05, 4.69) is 20.2 Å². The van der Waals surface area contributed by atoms with E-state index in [4.69, 9.17) is 0 Å². The molecule has 2 saturated heterocycles. The van der Waals surface area contributed by atoms with E-state index in [0.717, 1.165) is 50.3 Å². The van der Waals surface area contributed by atoms with Gasteiger partial charge in [0.25, 0.3) is 0 Å². The summed E-state index contributed by atoms with van der Waals surface area (Å²) in [6, 6.07) is -0.383. The average Bonchev–Trinajstić information content (AvgIpc) is 3.01. The minimum absolute atomic E-state index is 0.164. The van der Waals surface area contributed by atoms with Gasteiger partial charge in [-0.1, -0.05) is 19.3 Å². The zero-order valence-corrected chi connectivity index (χ0v) is 15.5. The predicted octanol–water partition coefficient (Wildman–Crippen LogP) is 2.55. The Kier molecular flexibility index (Phi) is 5.23. The number of nitrogens with one attached hydrogen (secondary N) is 1. The van der Waals surface area contributed by atoms with Crippen molar-refractivity contribution in [1.29, 1.82) is 0 Å². The van der Waals surface area contributed by atoms with Gasteiger partial charge in [0.15, 0.2) is 0 Å². The smallest absolute Gasteiger partial charge is 0.320 e. The number of carboxylic acids is 1. The molecule has 3 heterocycles. The fourth-order valence-electron chi connectivity index (χ4n) is 5.13. The Bertz CT molecular complexity index is 621. The number of hydrogen-bond acceptors (Lipinski definition) is 5. The van der Waals surface area contributed by atoms with E-state index in [1.54, 1.807) is 0 Å². The van der Waals surface area contributed by atoms with Crippen LogP contribution in [0.1, 0.15) is 68.7 Å². The maximum Gasteiger partial charge on any atom is 0.320 e. The lowest BCUT2D eigenvalue weighted by Crippen LogP contribution is -2.38. The number of aromatic nitrogens is 2. The molecular weight excluding hydrogens is 328 g/mol. The molecule has 2 N–H and O–H groups in total. The van der Waals surface area contributed by atoms with Crippen molar-refractivity contribution >= 4 is 5.97 Å². The highest BCUT2D eigenvalue weighted by atomic mass is 16.4. The first-order valence-corrected chi connectivity index (χ1v) is 10.1. The van der Waals surface area contributed by atoms with E-state index in [0.29, 0.717) is 12.5 Å². The largest absolute Gasteiger partial charge is 0.480 e. The van der Waals surface area contributed by atoms with E-state index in [1.165, 1.54) is 32.1 Å². The summed E-state index contributed by atoms with van der Waals surface area (Å²) in [6.45, 7) is 3.51. The third kappa shape index (κ3) is 3.76. The lowest BCUT2D eigenvalue weighted by atomic mass is 9.77. The number of hydrogen-bond donors (Lipinski definition) is 2. The second-order valence-corrected chi connectivity index (χ2v) is 8.50. The van der Waals surface area contributed by atoms with Crippen LogP contribution in [0.4, 0.5) is 0 Å². The van der Waals surface area contributed by atoms with E-state index in [9.17, 15) is 9.90 Å². The molecular formula is C20H30N4O2. The van der Waals surface area contributed by atoms with Crippen LogP contribution in [0.3, 0.4) is 0 Å². The molecule has 0 aromatic carbocycles. The molecule has 1 aromatic rings. The topological polar surface area (TPSA) is 78.4 Å². The summed E-state index contributed by atoms with van der Waals surface area (Å²) in [6.07, 6.45) is 13.0. The van der Waals surface area contributed by atoms with Gasteiger partial charge in [-0.3, -0.25) is 9.69 Å². The fourth-order valence-corrected chi connectivity index (χ4v) is 5.13. The molecule has 26 heavy (non-hydrogen) atoms. The maximum absolute atomic E-state index is 11.8. The molecule has 2 aliphatic heterocycles. The number of aliphatic carboxylic acids is 1. The second-order valence-electron chi connectivity index (χ2n) is 8.50. The molecule has 0 amide bonds. The Morgan fingerprint density at radius 2 is 1.88 bits per heavy atom. The zero-order chi connectivity index (χ0) is 18.0. The number of nitrogens with zero attached hydrogens (tertiary/aromatic N) is 3. The number of carboxylic acid groups (broad SMARTS) is 1. The van der Waals surface area contributed by atoms with Gasteiger partial charge in [0, 0.05) is 37.0 Å². The Labute approximate surface area is 155 Å². The number of carbonyl (C=O) groups is 1. The van der Waals surface area contributed by atoms with Gasteiger partial charge in [0.2, 0.25) is 0 Å². The van der Waals surface area contributed by atoms with Crippen LogP contribution in [-0.4, -0.2) is 51.6 Å². The van der Waals surface area contributed by atoms with Gasteiger partial charge in [-0.25, -0.2) is 9.97 Å². The minimum atomic E-state index is -0.694. The lowest BCUT2D eigenvalue weighted by molar-refractivity contribution is -0.142. The molecule has 4 rings (SSSR count). The Balaban J connectivity index is 1.44. The van der Waals surface area contributed by atoms with Crippen molar-refractivity contribution < 1.29 is 9.90 Å². The molecule has 6 heteroatoms. The molecule has 0 radical (unpaired) electrons. The van der Waals surface area contributed by atoms with Crippen molar-refractivity contribution in [1.82, 2.24) is 20.2 Å². The van der Waals surface area contributed by atoms with Crippen molar-refractivity contribution in [3.8, 4) is 0 Å². The van der Waals surface area contributed by atoms with Gasteiger partial charge in [-0.15, -0.1) is 0 Å². The van der Waals surface area contributed by atoms with E-state index in [-0.39, 0.29) is 11.5 Å². The van der Waals surface area contributed by atoms with Crippen molar-refractivity contribution in [2.24, 2.45) is 5.41 Å². The summed E-state index contributed by atoms with van der Waals surface area (Å²) in [5, 5.41) is 13.1. The van der Waals surface area contributed by atoms with Crippen LogP contribution in [-0.2, 0) is 11.3 Å². The Morgan fingerprint density at radius 1 is 1.19 bits per heavy atom. The van der Waals surface area contributed by atoms with E-state index in [1.807, 2.05) is 12.4 Å². The Morgan fingerprint density at radius 3 is 2.54 bits per heavy atom. The van der Waals surface area contributed by atoms with E-state index < -0.39 is 5.97 Å². The molecule has 6 nitrogen and oxygen atoms in total. The molecule has 1 spiro atoms. The summed E-state index contributed by atoms with van der Waals surface area (Å²) >= 11 is 0. The van der Waals surface area contributed by atoms with Gasteiger partial charge in [-0.2, -0.15) is 0 Å². The average molecular weight is 358 g/mol. The SMILES string of the molecule is O=C(O)C1CC2(CCNCC2)CN1Cc1cnc(C2CCCCC2)nc1. The molecule has 1 unspecified atom stereocenters. The third-order valence-corrected chi connectivity index (χ3v) is 6.64. The minimum Gasteiger partial charge on any atom is -0.480 e. The summed E-state index contributed by atoms with van der Waals surface area (Å²) in [5.74, 6) is 0.786. The molecule has 1 aromatic heterocycles. The molecule has 1 aliphatic carbocycles. The quantitative estimate of drug-likeness (QED) is 0.861. The first kappa shape index (κ1) is 17.9. The first-order chi connectivity index (χ1) is 12.7. The maximum atomic E-state index is 11.8. The fraction of sp³-hybridized carbons (Fsp3) is 0.750. The number of rotatable bonds is 4. The van der Waals surface area contributed by atoms with Gasteiger partial charge in [0.1, 0.15) is 11.9 Å².